The van der Waals surface area contributed by atoms with Crippen LogP contribution in [0.4, 0.5) is 4.79 Å². The Morgan fingerprint density at radius 2 is 1.74 bits per heavy atom. The first kappa shape index (κ1) is 18.3. The number of nitrogens with two attached hydrogens (primary N) is 1. The fourth-order valence-electron chi connectivity index (χ4n) is 5.77. The standard InChI is InChI=1S/C19H26N4O3S/c20-18(26)21-14(15-2-1-3-27-15)7-16(24)22-23-17(25)19-8-11-4-12(9-19)6-13(5-11)10-19/h1-3,11-14H,4-10H2,(H,22,24)(H,23,25)(H3,20,21,26)/t11?,12?,13?,14-,19?/m1/s1. The van der Waals surface area contributed by atoms with Gasteiger partial charge in [0.25, 0.3) is 0 Å². The predicted octanol–water partition coefficient (Wildman–Crippen LogP) is 2.21. The van der Waals surface area contributed by atoms with Gasteiger partial charge in [-0.05, 0) is 67.7 Å². The summed E-state index contributed by atoms with van der Waals surface area (Å²) in [7, 11) is 0. The molecule has 0 aromatic carbocycles. The van der Waals surface area contributed by atoms with Crippen LogP contribution in [-0.2, 0) is 9.59 Å². The summed E-state index contributed by atoms with van der Waals surface area (Å²) in [6.07, 6.45) is 6.65. The minimum Gasteiger partial charge on any atom is -0.352 e. The number of nitrogens with one attached hydrogen (secondary N) is 3. The topological polar surface area (TPSA) is 113 Å². The molecule has 0 saturated heterocycles. The van der Waals surface area contributed by atoms with Crippen LogP contribution in [0, 0.1) is 23.2 Å². The molecule has 7 nitrogen and oxygen atoms in total. The molecule has 1 aromatic heterocycles. The van der Waals surface area contributed by atoms with Crippen LogP contribution < -0.4 is 21.9 Å². The van der Waals surface area contributed by atoms with Crippen LogP contribution in [0.1, 0.15) is 55.9 Å². The molecule has 4 fully saturated rings. The maximum Gasteiger partial charge on any atom is 0.312 e. The molecular weight excluding hydrogens is 364 g/mol. The first-order chi connectivity index (χ1) is 12.9. The van der Waals surface area contributed by atoms with E-state index >= 15 is 0 Å². The number of urea groups is 1. The molecule has 1 atom stereocenters. The van der Waals surface area contributed by atoms with Gasteiger partial charge in [0.1, 0.15) is 0 Å². The van der Waals surface area contributed by atoms with E-state index < -0.39 is 12.1 Å². The van der Waals surface area contributed by atoms with Crippen LogP contribution in [0.25, 0.3) is 0 Å². The van der Waals surface area contributed by atoms with E-state index in [0.717, 1.165) is 24.1 Å². The maximum absolute atomic E-state index is 12.9. The fourth-order valence-corrected chi connectivity index (χ4v) is 6.55. The van der Waals surface area contributed by atoms with Gasteiger partial charge in [0, 0.05) is 4.88 Å². The first-order valence-electron chi connectivity index (χ1n) is 9.62. The van der Waals surface area contributed by atoms with Crippen molar-refractivity contribution >= 4 is 29.2 Å². The smallest absolute Gasteiger partial charge is 0.312 e. The molecule has 0 unspecified atom stereocenters. The van der Waals surface area contributed by atoms with Gasteiger partial charge in [0.2, 0.25) is 11.8 Å². The lowest BCUT2D eigenvalue weighted by Crippen LogP contribution is -2.56. The van der Waals surface area contributed by atoms with Gasteiger partial charge in [-0.2, -0.15) is 0 Å². The van der Waals surface area contributed by atoms with Crippen LogP contribution in [0.15, 0.2) is 17.5 Å². The van der Waals surface area contributed by atoms with Gasteiger partial charge < -0.3 is 11.1 Å². The normalized spacial score (nSPS) is 31.9. The lowest BCUT2D eigenvalue weighted by atomic mass is 9.49. The van der Waals surface area contributed by atoms with Gasteiger partial charge in [-0.3, -0.25) is 20.4 Å². The quantitative estimate of drug-likeness (QED) is 0.578. The number of amides is 4. The van der Waals surface area contributed by atoms with Crippen molar-refractivity contribution in [1.82, 2.24) is 16.2 Å². The molecule has 4 saturated carbocycles. The predicted molar refractivity (Wildman–Crippen MR) is 101 cm³/mol. The summed E-state index contributed by atoms with van der Waals surface area (Å²) < 4.78 is 0. The highest BCUT2D eigenvalue weighted by molar-refractivity contribution is 7.10. The van der Waals surface area contributed by atoms with Crippen LogP contribution >= 0.6 is 11.3 Å². The monoisotopic (exact) mass is 390 g/mol. The molecule has 4 aliphatic rings. The largest absolute Gasteiger partial charge is 0.352 e. The molecule has 0 aliphatic heterocycles. The van der Waals surface area contributed by atoms with Gasteiger partial charge in [-0.25, -0.2) is 4.79 Å². The highest BCUT2D eigenvalue weighted by Crippen LogP contribution is 2.60. The van der Waals surface area contributed by atoms with E-state index in [1.54, 1.807) is 0 Å². The van der Waals surface area contributed by atoms with Crippen molar-refractivity contribution in [2.75, 3.05) is 0 Å². The van der Waals surface area contributed by atoms with Crippen molar-refractivity contribution in [1.29, 1.82) is 0 Å². The molecule has 4 bridgehead atoms. The van der Waals surface area contributed by atoms with Crippen molar-refractivity contribution < 1.29 is 14.4 Å². The van der Waals surface area contributed by atoms with Crippen molar-refractivity contribution in [3.63, 3.8) is 0 Å². The molecular formula is C19H26N4O3S. The van der Waals surface area contributed by atoms with Crippen molar-refractivity contribution in [3.05, 3.63) is 22.4 Å². The van der Waals surface area contributed by atoms with E-state index in [1.807, 2.05) is 17.5 Å². The first-order valence-corrected chi connectivity index (χ1v) is 10.5. The Morgan fingerprint density at radius 3 is 2.26 bits per heavy atom. The molecule has 5 N–H and O–H groups in total. The molecule has 1 heterocycles. The number of carbonyl (C=O) groups excluding carboxylic acids is 3. The molecule has 0 spiro atoms. The summed E-state index contributed by atoms with van der Waals surface area (Å²) in [4.78, 5) is 37.3. The summed E-state index contributed by atoms with van der Waals surface area (Å²) in [6.45, 7) is 0. The number of rotatable bonds is 5. The third kappa shape index (κ3) is 3.81. The molecule has 8 heteroatoms. The summed E-state index contributed by atoms with van der Waals surface area (Å²) in [6, 6.07) is 2.51. The Labute approximate surface area is 162 Å². The summed E-state index contributed by atoms with van der Waals surface area (Å²) in [5, 5.41) is 4.46. The zero-order valence-electron chi connectivity index (χ0n) is 15.2. The second-order valence-electron chi connectivity index (χ2n) is 8.48. The van der Waals surface area contributed by atoms with E-state index in [2.05, 4.69) is 16.2 Å². The van der Waals surface area contributed by atoms with Crippen molar-refractivity contribution in [3.8, 4) is 0 Å². The summed E-state index contributed by atoms with van der Waals surface area (Å²) >= 11 is 1.44. The van der Waals surface area contributed by atoms with E-state index in [-0.39, 0.29) is 23.7 Å². The Kier molecular flexibility index (Phi) is 4.84. The molecule has 5 rings (SSSR count). The highest BCUT2D eigenvalue weighted by atomic mass is 32.1. The molecule has 4 aliphatic carbocycles. The molecule has 146 valence electrons. The van der Waals surface area contributed by atoms with Gasteiger partial charge in [0.05, 0.1) is 17.9 Å². The van der Waals surface area contributed by atoms with Gasteiger partial charge >= 0.3 is 6.03 Å². The zero-order valence-corrected chi connectivity index (χ0v) is 16.0. The Bertz CT molecular complexity index is 698. The van der Waals surface area contributed by atoms with Crippen LogP contribution in [0.5, 0.6) is 0 Å². The van der Waals surface area contributed by atoms with Gasteiger partial charge in [0.15, 0.2) is 0 Å². The number of primary amides is 1. The second kappa shape index (κ2) is 7.14. The van der Waals surface area contributed by atoms with Crippen molar-refractivity contribution in [2.24, 2.45) is 28.9 Å². The molecule has 0 radical (unpaired) electrons. The van der Waals surface area contributed by atoms with Crippen LogP contribution in [-0.4, -0.2) is 17.8 Å². The van der Waals surface area contributed by atoms with E-state index in [4.69, 9.17) is 5.73 Å². The number of carbonyl (C=O) groups is 3. The third-order valence-electron chi connectivity index (χ3n) is 6.43. The summed E-state index contributed by atoms with van der Waals surface area (Å²) in [5.74, 6) is 1.60. The minimum absolute atomic E-state index is 0.0185. The number of hydrazine groups is 1. The molecule has 4 amide bonds. The zero-order chi connectivity index (χ0) is 19.0. The average Bonchev–Trinajstić information content (AvgIpc) is 3.12. The highest BCUT2D eigenvalue weighted by Gasteiger charge is 2.54. The molecule has 27 heavy (non-hydrogen) atoms. The Morgan fingerprint density at radius 1 is 1.11 bits per heavy atom. The second-order valence-corrected chi connectivity index (χ2v) is 9.46. The number of thiophene rings is 1. The maximum atomic E-state index is 12.9. The van der Waals surface area contributed by atoms with Crippen LogP contribution in [0.2, 0.25) is 0 Å². The number of hydrogen-bond donors (Lipinski definition) is 4. The minimum atomic E-state index is -0.682. The van der Waals surface area contributed by atoms with Gasteiger partial charge in [-0.15, -0.1) is 11.3 Å². The third-order valence-corrected chi connectivity index (χ3v) is 7.41. The Hall–Kier alpha value is -2.09. The summed E-state index contributed by atoms with van der Waals surface area (Å²) in [5.41, 5.74) is 10.1. The average molecular weight is 391 g/mol. The molecule has 1 aromatic rings. The van der Waals surface area contributed by atoms with E-state index in [0.29, 0.717) is 17.8 Å². The van der Waals surface area contributed by atoms with Gasteiger partial charge in [-0.1, -0.05) is 6.07 Å². The SMILES string of the molecule is NC(=O)N[C@H](CC(=O)NNC(=O)C12CC3CC(CC(C3)C1)C2)c1cccs1. The van der Waals surface area contributed by atoms with Crippen LogP contribution in [0.3, 0.4) is 0 Å². The lowest BCUT2D eigenvalue weighted by Gasteiger charge is -2.55. The van der Waals surface area contributed by atoms with Crippen molar-refractivity contribution in [2.45, 2.75) is 51.0 Å². The van der Waals surface area contributed by atoms with E-state index in [9.17, 15) is 14.4 Å². The van der Waals surface area contributed by atoms with E-state index in [1.165, 1.54) is 30.6 Å². The number of hydrogen-bond acceptors (Lipinski definition) is 4. The lowest BCUT2D eigenvalue weighted by molar-refractivity contribution is -0.149. The Balaban J connectivity index is 1.33. The fraction of sp³-hybridized carbons (Fsp3) is 0.632.